The van der Waals surface area contributed by atoms with E-state index < -0.39 is 0 Å². The zero-order valence-electron chi connectivity index (χ0n) is 18.2. The van der Waals surface area contributed by atoms with E-state index in [-0.39, 0.29) is 0 Å². The molecule has 4 rings (SSSR count). The number of methoxy groups -OCH3 is 1. The Morgan fingerprint density at radius 1 is 0.903 bits per heavy atom. The standard InChI is InChI=1S/C26H27ClN2O2/c1-18-15-22(16-19(2)25(18)27)31-14-7-6-13-29-24-12-5-4-11-23(24)28-26(29)20-9-8-10-21(17-20)30-3/h4-5,8-12,15-17H,6-7,13-14H2,1-3H3. The normalized spacial score (nSPS) is 11.1. The minimum Gasteiger partial charge on any atom is -0.497 e. The minimum absolute atomic E-state index is 0.668. The van der Waals surface area contributed by atoms with Crippen molar-refractivity contribution in [2.45, 2.75) is 33.2 Å². The highest BCUT2D eigenvalue weighted by Gasteiger charge is 2.13. The highest BCUT2D eigenvalue weighted by Crippen LogP contribution is 2.28. The molecule has 3 aromatic carbocycles. The molecule has 0 bridgehead atoms. The lowest BCUT2D eigenvalue weighted by Gasteiger charge is -2.12. The van der Waals surface area contributed by atoms with Gasteiger partial charge in [-0.3, -0.25) is 0 Å². The van der Waals surface area contributed by atoms with Gasteiger partial charge in [0.1, 0.15) is 17.3 Å². The summed E-state index contributed by atoms with van der Waals surface area (Å²) in [5.74, 6) is 2.67. The summed E-state index contributed by atoms with van der Waals surface area (Å²) >= 11 is 6.25. The summed E-state index contributed by atoms with van der Waals surface area (Å²) < 4.78 is 13.7. The Hall–Kier alpha value is -2.98. The van der Waals surface area contributed by atoms with Crippen molar-refractivity contribution >= 4 is 22.6 Å². The molecule has 0 atom stereocenters. The molecule has 5 heteroatoms. The Bertz CT molecular complexity index is 1180. The first kappa shape index (κ1) is 21.3. The molecule has 0 saturated heterocycles. The third kappa shape index (κ3) is 4.70. The monoisotopic (exact) mass is 434 g/mol. The summed E-state index contributed by atoms with van der Waals surface area (Å²) in [6.07, 6.45) is 1.94. The number of aromatic nitrogens is 2. The number of benzene rings is 3. The van der Waals surface area contributed by atoms with Crippen LogP contribution in [0.1, 0.15) is 24.0 Å². The van der Waals surface area contributed by atoms with Gasteiger partial charge in [-0.2, -0.15) is 0 Å². The van der Waals surface area contributed by atoms with Crippen LogP contribution in [0.5, 0.6) is 11.5 Å². The van der Waals surface area contributed by atoms with Crippen LogP contribution < -0.4 is 9.47 Å². The third-order valence-electron chi connectivity index (χ3n) is 5.44. The predicted octanol–water partition coefficient (Wildman–Crippen LogP) is 6.84. The molecular formula is C26H27ClN2O2. The molecule has 0 spiro atoms. The van der Waals surface area contributed by atoms with Gasteiger partial charge in [-0.25, -0.2) is 4.98 Å². The van der Waals surface area contributed by atoms with E-state index in [1.807, 2.05) is 50.2 Å². The number of aryl methyl sites for hydroxylation is 3. The molecule has 0 aliphatic carbocycles. The number of imidazole rings is 1. The van der Waals surface area contributed by atoms with Crippen LogP contribution in [-0.2, 0) is 6.54 Å². The number of hydrogen-bond acceptors (Lipinski definition) is 3. The van der Waals surface area contributed by atoms with Crippen molar-refractivity contribution in [2.75, 3.05) is 13.7 Å². The number of halogens is 1. The molecule has 160 valence electrons. The predicted molar refractivity (Wildman–Crippen MR) is 127 cm³/mol. The average Bonchev–Trinajstić information content (AvgIpc) is 3.16. The molecule has 1 heterocycles. The Kier molecular flexibility index (Phi) is 6.47. The molecular weight excluding hydrogens is 408 g/mol. The van der Waals surface area contributed by atoms with E-state index in [9.17, 15) is 0 Å². The molecule has 1 aromatic heterocycles. The zero-order chi connectivity index (χ0) is 21.8. The molecule has 31 heavy (non-hydrogen) atoms. The van der Waals surface area contributed by atoms with Gasteiger partial charge in [0.15, 0.2) is 0 Å². The summed E-state index contributed by atoms with van der Waals surface area (Å²) in [6, 6.07) is 20.3. The number of rotatable bonds is 8. The van der Waals surface area contributed by atoms with Crippen LogP contribution in [0, 0.1) is 13.8 Å². The quantitative estimate of drug-likeness (QED) is 0.285. The summed E-state index contributed by atoms with van der Waals surface area (Å²) in [6.45, 7) is 5.55. The van der Waals surface area contributed by atoms with Crippen LogP contribution in [-0.4, -0.2) is 23.3 Å². The molecule has 0 aliphatic heterocycles. The lowest BCUT2D eigenvalue weighted by atomic mass is 10.1. The third-order valence-corrected chi connectivity index (χ3v) is 6.03. The van der Waals surface area contributed by atoms with E-state index in [1.54, 1.807) is 7.11 Å². The second-order valence-electron chi connectivity index (χ2n) is 7.73. The first-order valence-electron chi connectivity index (χ1n) is 10.6. The molecule has 0 radical (unpaired) electrons. The first-order chi connectivity index (χ1) is 15.1. The van der Waals surface area contributed by atoms with Gasteiger partial charge >= 0.3 is 0 Å². The van der Waals surface area contributed by atoms with Gasteiger partial charge in [0.25, 0.3) is 0 Å². The molecule has 4 nitrogen and oxygen atoms in total. The second-order valence-corrected chi connectivity index (χ2v) is 8.11. The number of hydrogen-bond donors (Lipinski definition) is 0. The summed E-state index contributed by atoms with van der Waals surface area (Å²) in [7, 11) is 1.69. The van der Waals surface area contributed by atoms with E-state index >= 15 is 0 Å². The Morgan fingerprint density at radius 3 is 2.45 bits per heavy atom. The van der Waals surface area contributed by atoms with Crippen molar-refractivity contribution in [3.63, 3.8) is 0 Å². The van der Waals surface area contributed by atoms with E-state index in [2.05, 4.69) is 28.8 Å². The molecule has 0 N–H and O–H groups in total. The number of ether oxygens (including phenoxy) is 2. The fourth-order valence-corrected chi connectivity index (χ4v) is 3.95. The average molecular weight is 435 g/mol. The van der Waals surface area contributed by atoms with Crippen molar-refractivity contribution in [3.05, 3.63) is 76.8 Å². The van der Waals surface area contributed by atoms with Crippen molar-refractivity contribution in [1.29, 1.82) is 0 Å². The van der Waals surface area contributed by atoms with Crippen LogP contribution >= 0.6 is 11.6 Å². The van der Waals surface area contributed by atoms with Gasteiger partial charge in [-0.1, -0.05) is 35.9 Å². The maximum Gasteiger partial charge on any atom is 0.141 e. The van der Waals surface area contributed by atoms with Crippen LogP contribution in [0.25, 0.3) is 22.4 Å². The van der Waals surface area contributed by atoms with Gasteiger partial charge in [0.2, 0.25) is 0 Å². The van der Waals surface area contributed by atoms with E-state index in [1.165, 1.54) is 0 Å². The summed E-state index contributed by atoms with van der Waals surface area (Å²) in [5, 5.41) is 0.810. The lowest BCUT2D eigenvalue weighted by molar-refractivity contribution is 0.303. The van der Waals surface area contributed by atoms with Gasteiger partial charge in [-0.15, -0.1) is 0 Å². The number of para-hydroxylation sites is 2. The summed E-state index contributed by atoms with van der Waals surface area (Å²) in [4.78, 5) is 4.90. The molecule has 0 fully saturated rings. The highest BCUT2D eigenvalue weighted by molar-refractivity contribution is 6.32. The van der Waals surface area contributed by atoms with Crippen molar-refractivity contribution in [3.8, 4) is 22.9 Å². The van der Waals surface area contributed by atoms with Crippen molar-refractivity contribution in [2.24, 2.45) is 0 Å². The van der Waals surface area contributed by atoms with Crippen molar-refractivity contribution < 1.29 is 9.47 Å². The smallest absolute Gasteiger partial charge is 0.141 e. The Labute approximate surface area is 188 Å². The fourth-order valence-electron chi connectivity index (χ4n) is 3.84. The molecule has 0 unspecified atom stereocenters. The van der Waals surface area contributed by atoms with Gasteiger partial charge in [-0.05, 0) is 74.2 Å². The lowest BCUT2D eigenvalue weighted by Crippen LogP contribution is -2.04. The fraction of sp³-hybridized carbons (Fsp3) is 0.269. The van der Waals surface area contributed by atoms with E-state index in [4.69, 9.17) is 26.1 Å². The van der Waals surface area contributed by atoms with Gasteiger partial charge < -0.3 is 14.0 Å². The van der Waals surface area contributed by atoms with Gasteiger partial charge in [0.05, 0.1) is 24.8 Å². The van der Waals surface area contributed by atoms with Crippen LogP contribution in [0.3, 0.4) is 0 Å². The maximum atomic E-state index is 6.25. The SMILES string of the molecule is COc1cccc(-c2nc3ccccc3n2CCCCOc2cc(C)c(Cl)c(C)c2)c1. The van der Waals surface area contributed by atoms with Crippen LogP contribution in [0.2, 0.25) is 5.02 Å². The minimum atomic E-state index is 0.668. The first-order valence-corrected chi connectivity index (χ1v) is 10.9. The van der Waals surface area contributed by atoms with E-state index in [0.29, 0.717) is 6.61 Å². The van der Waals surface area contributed by atoms with Crippen LogP contribution in [0.4, 0.5) is 0 Å². The molecule has 0 saturated carbocycles. The Balaban J connectivity index is 1.47. The zero-order valence-corrected chi connectivity index (χ0v) is 18.9. The largest absolute Gasteiger partial charge is 0.497 e. The Morgan fingerprint density at radius 2 is 1.68 bits per heavy atom. The molecule has 0 amide bonds. The maximum absolute atomic E-state index is 6.25. The molecule has 0 aliphatic rings. The number of nitrogens with zero attached hydrogens (tertiary/aromatic N) is 2. The van der Waals surface area contributed by atoms with Crippen LogP contribution in [0.15, 0.2) is 60.7 Å². The number of unbranched alkanes of at least 4 members (excludes halogenated alkanes) is 1. The second kappa shape index (κ2) is 9.44. The topological polar surface area (TPSA) is 36.3 Å². The highest BCUT2D eigenvalue weighted by atomic mass is 35.5. The van der Waals surface area contributed by atoms with Gasteiger partial charge in [0, 0.05) is 17.1 Å². The van der Waals surface area contributed by atoms with Crippen molar-refractivity contribution in [1.82, 2.24) is 9.55 Å². The van der Waals surface area contributed by atoms with E-state index in [0.717, 1.165) is 69.5 Å². The number of fused-ring (bicyclic) bond motifs is 1. The molecule has 4 aromatic rings. The summed E-state index contributed by atoms with van der Waals surface area (Å²) in [5.41, 5.74) is 5.29.